The van der Waals surface area contributed by atoms with Crippen LogP contribution in [0.2, 0.25) is 10.0 Å². The molecule has 1 aromatic rings. The van der Waals surface area contributed by atoms with Gasteiger partial charge in [-0.3, -0.25) is 4.79 Å². The summed E-state index contributed by atoms with van der Waals surface area (Å²) in [5, 5.41) is 4.19. The first-order chi connectivity index (χ1) is 9.56. The van der Waals surface area contributed by atoms with Gasteiger partial charge >= 0.3 is 0 Å². The lowest BCUT2D eigenvalue weighted by Gasteiger charge is -2.16. The third-order valence-electron chi connectivity index (χ3n) is 3.10. The lowest BCUT2D eigenvalue weighted by Crippen LogP contribution is -2.27. The number of rotatable bonds is 8. The van der Waals surface area contributed by atoms with Crippen molar-refractivity contribution in [2.75, 3.05) is 20.3 Å². The van der Waals surface area contributed by atoms with Gasteiger partial charge in [0.2, 0.25) is 5.91 Å². The summed E-state index contributed by atoms with van der Waals surface area (Å²) in [5.74, 6) is 0.134. The molecule has 0 aliphatic rings. The van der Waals surface area contributed by atoms with E-state index in [1.54, 1.807) is 7.11 Å². The minimum absolute atomic E-state index is 0.0520. The van der Waals surface area contributed by atoms with Crippen LogP contribution in [-0.2, 0) is 9.53 Å². The van der Waals surface area contributed by atoms with Gasteiger partial charge < -0.3 is 10.1 Å². The van der Waals surface area contributed by atoms with Crippen LogP contribution in [0, 0.1) is 0 Å². The van der Waals surface area contributed by atoms with Crippen molar-refractivity contribution in [3.05, 3.63) is 33.8 Å². The van der Waals surface area contributed by atoms with Crippen molar-refractivity contribution in [1.29, 1.82) is 0 Å². The van der Waals surface area contributed by atoms with E-state index in [-0.39, 0.29) is 11.8 Å². The van der Waals surface area contributed by atoms with Crippen LogP contribution in [0.15, 0.2) is 18.2 Å². The van der Waals surface area contributed by atoms with Crippen molar-refractivity contribution < 1.29 is 9.53 Å². The second-order valence-electron chi connectivity index (χ2n) is 4.79. The number of hydrogen-bond donors (Lipinski definition) is 1. The van der Waals surface area contributed by atoms with Crippen LogP contribution in [0.25, 0.3) is 0 Å². The van der Waals surface area contributed by atoms with Gasteiger partial charge in [-0.25, -0.2) is 0 Å². The summed E-state index contributed by atoms with van der Waals surface area (Å²) < 4.78 is 4.94. The Balaban J connectivity index is 2.39. The number of methoxy groups -OCH3 is 1. The number of halogens is 2. The largest absolute Gasteiger partial charge is 0.385 e. The Morgan fingerprint density at radius 3 is 2.55 bits per heavy atom. The highest BCUT2D eigenvalue weighted by molar-refractivity contribution is 6.36. The zero-order valence-electron chi connectivity index (χ0n) is 11.9. The highest BCUT2D eigenvalue weighted by Gasteiger charge is 2.14. The highest BCUT2D eigenvalue weighted by Crippen LogP contribution is 2.30. The number of unbranched alkanes of at least 4 members (excludes halogenated alkanes) is 1. The molecule has 112 valence electrons. The van der Waals surface area contributed by atoms with Crippen LogP contribution >= 0.6 is 23.2 Å². The van der Waals surface area contributed by atoms with Gasteiger partial charge in [0.15, 0.2) is 0 Å². The third-order valence-corrected chi connectivity index (χ3v) is 3.76. The predicted molar refractivity (Wildman–Crippen MR) is 83.6 cm³/mol. The van der Waals surface area contributed by atoms with Gasteiger partial charge in [-0.05, 0) is 30.5 Å². The molecule has 1 aromatic carbocycles. The maximum atomic E-state index is 11.7. The fourth-order valence-corrected chi connectivity index (χ4v) is 2.74. The van der Waals surface area contributed by atoms with E-state index in [9.17, 15) is 4.79 Å². The van der Waals surface area contributed by atoms with Crippen LogP contribution in [0.4, 0.5) is 0 Å². The van der Waals surface area contributed by atoms with E-state index in [4.69, 9.17) is 27.9 Å². The Morgan fingerprint density at radius 1 is 1.30 bits per heavy atom. The van der Waals surface area contributed by atoms with Gasteiger partial charge in [0.05, 0.1) is 0 Å². The number of carbonyl (C=O) groups excluding carboxylic acids is 1. The molecule has 0 aliphatic heterocycles. The van der Waals surface area contributed by atoms with Crippen LogP contribution in [-0.4, -0.2) is 26.2 Å². The van der Waals surface area contributed by atoms with Gasteiger partial charge in [-0.15, -0.1) is 0 Å². The summed E-state index contributed by atoms with van der Waals surface area (Å²) in [5.41, 5.74) is 0.885. The Labute approximate surface area is 130 Å². The summed E-state index contributed by atoms with van der Waals surface area (Å²) in [4.78, 5) is 11.7. The van der Waals surface area contributed by atoms with Gasteiger partial charge in [0.25, 0.3) is 0 Å². The molecule has 1 amide bonds. The van der Waals surface area contributed by atoms with E-state index in [1.807, 2.05) is 25.1 Å². The molecule has 1 unspecified atom stereocenters. The second-order valence-corrected chi connectivity index (χ2v) is 5.60. The number of benzene rings is 1. The number of ether oxygens (including phenoxy) is 1. The average molecular weight is 318 g/mol. The number of nitrogens with one attached hydrogen (secondary N) is 1. The molecule has 5 heteroatoms. The normalized spacial score (nSPS) is 12.2. The smallest absolute Gasteiger partial charge is 0.220 e. The first-order valence-electron chi connectivity index (χ1n) is 6.75. The molecule has 0 aromatic heterocycles. The summed E-state index contributed by atoms with van der Waals surface area (Å²) in [6.07, 6.45) is 2.25. The molecule has 0 fully saturated rings. The Morgan fingerprint density at radius 2 is 1.95 bits per heavy atom. The van der Waals surface area contributed by atoms with Crippen molar-refractivity contribution in [3.63, 3.8) is 0 Å². The lowest BCUT2D eigenvalue weighted by molar-refractivity contribution is -0.121. The number of carbonyl (C=O) groups is 1. The molecular formula is C15H21Cl2NO2. The van der Waals surface area contributed by atoms with Crippen LogP contribution in [0.3, 0.4) is 0 Å². The third kappa shape index (κ3) is 5.70. The fraction of sp³-hybridized carbons (Fsp3) is 0.533. The monoisotopic (exact) mass is 317 g/mol. The first-order valence-corrected chi connectivity index (χ1v) is 7.51. The van der Waals surface area contributed by atoms with Crippen molar-refractivity contribution >= 4 is 29.1 Å². The van der Waals surface area contributed by atoms with Gasteiger partial charge in [-0.2, -0.15) is 0 Å². The highest BCUT2D eigenvalue weighted by atomic mass is 35.5. The maximum absolute atomic E-state index is 11.7. The minimum Gasteiger partial charge on any atom is -0.385 e. The molecule has 1 rings (SSSR count). The van der Waals surface area contributed by atoms with Crippen molar-refractivity contribution in [2.45, 2.75) is 32.1 Å². The standard InChI is InChI=1S/C15H21Cl2NO2/c1-11(15-12(16)6-5-7-13(15)17)10-18-14(19)8-3-4-9-20-2/h5-7,11H,3-4,8-10H2,1-2H3,(H,18,19). The quantitative estimate of drug-likeness (QED) is 0.735. The van der Waals surface area contributed by atoms with E-state index < -0.39 is 0 Å². The molecule has 0 bridgehead atoms. The van der Waals surface area contributed by atoms with E-state index in [0.717, 1.165) is 18.4 Å². The van der Waals surface area contributed by atoms with E-state index >= 15 is 0 Å². The zero-order valence-corrected chi connectivity index (χ0v) is 13.4. The van der Waals surface area contributed by atoms with E-state index in [0.29, 0.717) is 29.6 Å². The minimum atomic E-state index is 0.0520. The molecular weight excluding hydrogens is 297 g/mol. The van der Waals surface area contributed by atoms with Crippen molar-refractivity contribution in [1.82, 2.24) is 5.32 Å². The molecule has 1 N–H and O–H groups in total. The van der Waals surface area contributed by atoms with Crippen LogP contribution in [0.1, 0.15) is 37.7 Å². The fourth-order valence-electron chi connectivity index (χ4n) is 1.97. The van der Waals surface area contributed by atoms with Gasteiger partial charge in [0, 0.05) is 42.6 Å². The molecule has 0 aliphatic carbocycles. The maximum Gasteiger partial charge on any atom is 0.220 e. The average Bonchev–Trinajstić information content (AvgIpc) is 2.41. The molecule has 0 saturated carbocycles. The Kier molecular flexibility index (Phi) is 7.97. The molecule has 20 heavy (non-hydrogen) atoms. The molecule has 0 heterocycles. The Bertz CT molecular complexity index is 418. The van der Waals surface area contributed by atoms with E-state index in [1.165, 1.54) is 0 Å². The summed E-state index contributed by atoms with van der Waals surface area (Å²) >= 11 is 12.3. The van der Waals surface area contributed by atoms with Crippen molar-refractivity contribution in [2.24, 2.45) is 0 Å². The molecule has 0 radical (unpaired) electrons. The topological polar surface area (TPSA) is 38.3 Å². The SMILES string of the molecule is COCCCCC(=O)NCC(C)c1c(Cl)cccc1Cl. The zero-order chi connectivity index (χ0) is 15.0. The lowest BCUT2D eigenvalue weighted by atomic mass is 10.0. The van der Waals surface area contributed by atoms with Gasteiger partial charge in [-0.1, -0.05) is 36.2 Å². The molecule has 1 atom stereocenters. The number of amides is 1. The Hall–Kier alpha value is -0.770. The summed E-state index contributed by atoms with van der Waals surface area (Å²) in [6, 6.07) is 5.44. The van der Waals surface area contributed by atoms with Crippen molar-refractivity contribution in [3.8, 4) is 0 Å². The second kappa shape index (κ2) is 9.22. The van der Waals surface area contributed by atoms with Gasteiger partial charge in [0.1, 0.15) is 0 Å². The summed E-state index contributed by atoms with van der Waals surface area (Å²) in [6.45, 7) is 3.23. The summed E-state index contributed by atoms with van der Waals surface area (Å²) in [7, 11) is 1.66. The molecule has 3 nitrogen and oxygen atoms in total. The molecule has 0 saturated heterocycles. The predicted octanol–water partition coefficient (Wildman–Crippen LogP) is 4.03. The molecule has 0 spiro atoms. The van der Waals surface area contributed by atoms with E-state index in [2.05, 4.69) is 5.32 Å². The number of hydrogen-bond acceptors (Lipinski definition) is 2. The first kappa shape index (κ1) is 17.3. The van der Waals surface area contributed by atoms with Crippen LogP contribution < -0.4 is 5.32 Å². The van der Waals surface area contributed by atoms with Crippen LogP contribution in [0.5, 0.6) is 0 Å².